The Labute approximate surface area is 215 Å². The van der Waals surface area contributed by atoms with Crippen LogP contribution >= 0.6 is 0 Å². The Bertz CT molecular complexity index is 1720. The minimum Gasteiger partial charge on any atom is -0.489 e. The van der Waals surface area contributed by atoms with Crippen LogP contribution in [0.2, 0.25) is 0 Å². The van der Waals surface area contributed by atoms with E-state index in [-0.39, 0.29) is 0 Å². The summed E-state index contributed by atoms with van der Waals surface area (Å²) in [6.45, 7) is 6.45. The van der Waals surface area contributed by atoms with Crippen LogP contribution in [0.3, 0.4) is 0 Å². The Morgan fingerprint density at radius 2 is 1.78 bits per heavy atom. The standard InChI is InChI=1S/C31H25N5O/c1-20-8-13-29-30(14-20)35-31(34-29)26(18-33)16-25-15-21(2)36(22(25)3)27-9-11-28(12-10-27)37-19-24-7-5-4-6-23(24)17-32/h4-16H,19H2,1-3H3,(H,34,35)/b26-16-. The van der Waals surface area contributed by atoms with Gasteiger partial charge in [0.15, 0.2) is 0 Å². The number of aromatic amines is 1. The Morgan fingerprint density at radius 3 is 2.54 bits per heavy atom. The Morgan fingerprint density at radius 1 is 1.00 bits per heavy atom. The van der Waals surface area contributed by atoms with Gasteiger partial charge in [0.05, 0.1) is 28.2 Å². The van der Waals surface area contributed by atoms with Crippen molar-refractivity contribution in [3.05, 3.63) is 112 Å². The molecule has 6 heteroatoms. The van der Waals surface area contributed by atoms with Crippen molar-refractivity contribution in [1.29, 1.82) is 10.5 Å². The minimum absolute atomic E-state index is 0.331. The molecule has 0 aliphatic rings. The Hall–Kier alpha value is -5.07. The van der Waals surface area contributed by atoms with E-state index in [4.69, 9.17) is 4.74 Å². The summed E-state index contributed by atoms with van der Waals surface area (Å²) in [7, 11) is 0. The second-order valence-corrected chi connectivity index (χ2v) is 8.99. The predicted octanol–water partition coefficient (Wildman–Crippen LogP) is 6.79. The molecule has 2 heterocycles. The van der Waals surface area contributed by atoms with E-state index in [1.807, 2.05) is 87.5 Å². The molecule has 180 valence electrons. The molecule has 0 atom stereocenters. The molecule has 0 spiro atoms. The number of nitrogens with zero attached hydrogens (tertiary/aromatic N) is 4. The first-order valence-electron chi connectivity index (χ1n) is 12.0. The van der Waals surface area contributed by atoms with Crippen LogP contribution in [0.15, 0.2) is 72.8 Å². The summed E-state index contributed by atoms with van der Waals surface area (Å²) in [5.41, 5.74) is 8.88. The van der Waals surface area contributed by atoms with Crippen LogP contribution in [0, 0.1) is 43.4 Å². The van der Waals surface area contributed by atoms with E-state index < -0.39 is 0 Å². The second-order valence-electron chi connectivity index (χ2n) is 8.99. The van der Waals surface area contributed by atoms with Gasteiger partial charge in [0.2, 0.25) is 0 Å². The number of ether oxygens (including phenoxy) is 1. The van der Waals surface area contributed by atoms with Gasteiger partial charge in [0, 0.05) is 22.6 Å². The van der Waals surface area contributed by atoms with Crippen LogP contribution < -0.4 is 4.74 Å². The molecule has 0 fully saturated rings. The number of nitrogens with one attached hydrogen (secondary N) is 1. The lowest BCUT2D eigenvalue weighted by atomic mass is 10.1. The van der Waals surface area contributed by atoms with Gasteiger partial charge in [0.25, 0.3) is 0 Å². The molecule has 0 saturated carbocycles. The topological polar surface area (TPSA) is 90.4 Å². The molecule has 1 N–H and O–H groups in total. The fraction of sp³-hybridized carbons (Fsp3) is 0.129. The van der Waals surface area contributed by atoms with Crippen LogP contribution in [0.4, 0.5) is 0 Å². The van der Waals surface area contributed by atoms with Crippen molar-refractivity contribution in [2.24, 2.45) is 0 Å². The van der Waals surface area contributed by atoms with Gasteiger partial charge < -0.3 is 14.3 Å². The van der Waals surface area contributed by atoms with Crippen molar-refractivity contribution in [1.82, 2.24) is 14.5 Å². The maximum Gasteiger partial charge on any atom is 0.149 e. The molecule has 2 aromatic heterocycles. The molecule has 0 amide bonds. The molecule has 5 rings (SSSR count). The number of nitriles is 2. The number of imidazole rings is 1. The number of hydrogen-bond acceptors (Lipinski definition) is 4. The number of fused-ring (bicyclic) bond motifs is 1. The molecule has 0 saturated heterocycles. The highest BCUT2D eigenvalue weighted by molar-refractivity contribution is 5.91. The first-order chi connectivity index (χ1) is 18.0. The van der Waals surface area contributed by atoms with Crippen molar-refractivity contribution >= 4 is 22.7 Å². The average Bonchev–Trinajstić information content (AvgIpc) is 3.45. The van der Waals surface area contributed by atoms with Gasteiger partial charge >= 0.3 is 0 Å². The monoisotopic (exact) mass is 483 g/mol. The molecule has 6 nitrogen and oxygen atoms in total. The van der Waals surface area contributed by atoms with Crippen molar-refractivity contribution in [2.75, 3.05) is 0 Å². The van der Waals surface area contributed by atoms with Crippen LogP contribution in [0.25, 0.3) is 28.4 Å². The van der Waals surface area contributed by atoms with E-state index in [0.29, 0.717) is 23.6 Å². The van der Waals surface area contributed by atoms with Crippen LogP contribution in [0.1, 0.15) is 39.5 Å². The number of benzene rings is 3. The van der Waals surface area contributed by atoms with E-state index in [1.165, 1.54) is 0 Å². The number of rotatable bonds is 6. The molecule has 0 radical (unpaired) electrons. The predicted molar refractivity (Wildman–Crippen MR) is 145 cm³/mol. The smallest absolute Gasteiger partial charge is 0.149 e. The van der Waals surface area contributed by atoms with Gasteiger partial charge in [-0.25, -0.2) is 4.98 Å². The van der Waals surface area contributed by atoms with Gasteiger partial charge in [0.1, 0.15) is 24.3 Å². The van der Waals surface area contributed by atoms with E-state index in [9.17, 15) is 10.5 Å². The molecule has 0 aliphatic carbocycles. The zero-order valence-corrected chi connectivity index (χ0v) is 20.9. The summed E-state index contributed by atoms with van der Waals surface area (Å²) in [4.78, 5) is 7.89. The lowest BCUT2D eigenvalue weighted by molar-refractivity contribution is 0.306. The fourth-order valence-electron chi connectivity index (χ4n) is 4.50. The van der Waals surface area contributed by atoms with E-state index in [2.05, 4.69) is 32.7 Å². The van der Waals surface area contributed by atoms with Crippen molar-refractivity contribution in [3.8, 4) is 23.6 Å². The average molecular weight is 484 g/mol. The van der Waals surface area contributed by atoms with Gasteiger partial charge in [-0.1, -0.05) is 24.3 Å². The molecule has 0 aliphatic heterocycles. The lowest BCUT2D eigenvalue weighted by Crippen LogP contribution is -2.01. The highest BCUT2D eigenvalue weighted by Crippen LogP contribution is 2.27. The van der Waals surface area contributed by atoms with Gasteiger partial charge in [-0.3, -0.25) is 0 Å². The number of H-pyrrole nitrogens is 1. The third-order valence-electron chi connectivity index (χ3n) is 6.41. The number of hydrogen-bond donors (Lipinski definition) is 1. The molecular formula is C31H25N5O. The quantitative estimate of drug-likeness (QED) is 0.269. The fourth-order valence-corrected chi connectivity index (χ4v) is 4.50. The Balaban J connectivity index is 1.39. The molecule has 37 heavy (non-hydrogen) atoms. The van der Waals surface area contributed by atoms with Gasteiger partial charge in [-0.05, 0) is 86.5 Å². The first-order valence-corrected chi connectivity index (χ1v) is 12.0. The van der Waals surface area contributed by atoms with Crippen LogP contribution in [-0.4, -0.2) is 14.5 Å². The summed E-state index contributed by atoms with van der Waals surface area (Å²) < 4.78 is 8.07. The maximum atomic E-state index is 9.88. The van der Waals surface area contributed by atoms with Crippen molar-refractivity contribution in [3.63, 3.8) is 0 Å². The zero-order valence-electron chi connectivity index (χ0n) is 20.9. The van der Waals surface area contributed by atoms with Crippen LogP contribution in [0.5, 0.6) is 5.75 Å². The summed E-state index contributed by atoms with van der Waals surface area (Å²) in [6, 6.07) is 27.9. The summed E-state index contributed by atoms with van der Waals surface area (Å²) >= 11 is 0. The molecule has 3 aromatic carbocycles. The van der Waals surface area contributed by atoms with Crippen molar-refractivity contribution < 1.29 is 4.74 Å². The SMILES string of the molecule is Cc1ccc2nc(/C(C#N)=C\c3cc(C)n(-c4ccc(OCc5ccccc5C#N)cc4)c3C)[nH]c2c1. The first kappa shape index (κ1) is 23.7. The highest BCUT2D eigenvalue weighted by Gasteiger charge is 2.13. The molecule has 0 bridgehead atoms. The third kappa shape index (κ3) is 4.74. The van der Waals surface area contributed by atoms with Gasteiger partial charge in [-0.2, -0.15) is 10.5 Å². The highest BCUT2D eigenvalue weighted by atomic mass is 16.5. The van der Waals surface area contributed by atoms with Crippen LogP contribution in [-0.2, 0) is 6.61 Å². The second kappa shape index (κ2) is 9.89. The summed E-state index contributed by atoms with van der Waals surface area (Å²) in [6.07, 6.45) is 1.88. The lowest BCUT2D eigenvalue weighted by Gasteiger charge is -2.12. The molecular weight excluding hydrogens is 458 g/mol. The number of aryl methyl sites for hydroxylation is 2. The normalized spacial score (nSPS) is 11.3. The largest absolute Gasteiger partial charge is 0.489 e. The maximum absolute atomic E-state index is 9.88. The third-order valence-corrected chi connectivity index (χ3v) is 6.41. The molecule has 5 aromatic rings. The summed E-state index contributed by atoms with van der Waals surface area (Å²) in [5, 5.41) is 19.2. The molecule has 0 unspecified atom stereocenters. The summed E-state index contributed by atoms with van der Waals surface area (Å²) in [5.74, 6) is 1.29. The van der Waals surface area contributed by atoms with Crippen molar-refractivity contribution in [2.45, 2.75) is 27.4 Å². The van der Waals surface area contributed by atoms with E-state index in [0.717, 1.165) is 50.5 Å². The van der Waals surface area contributed by atoms with E-state index in [1.54, 1.807) is 6.07 Å². The van der Waals surface area contributed by atoms with Gasteiger partial charge in [-0.15, -0.1) is 0 Å². The zero-order chi connectivity index (χ0) is 25.9. The van der Waals surface area contributed by atoms with E-state index >= 15 is 0 Å². The number of allylic oxidation sites excluding steroid dienone is 1. The number of aromatic nitrogens is 3. The minimum atomic E-state index is 0.331. The Kier molecular flexibility index (Phi) is 6.32.